The minimum absolute atomic E-state index is 0.164. The molecular weight excluding hydrogens is 500 g/mol. The summed E-state index contributed by atoms with van der Waals surface area (Å²) in [5, 5.41) is 0.728. The molecule has 0 fully saturated rings. The van der Waals surface area contributed by atoms with E-state index in [0.29, 0.717) is 36.9 Å². The van der Waals surface area contributed by atoms with E-state index < -0.39 is 5.63 Å². The third-order valence-electron chi connectivity index (χ3n) is 7.24. The van der Waals surface area contributed by atoms with Crippen molar-refractivity contribution in [2.45, 2.75) is 136 Å². The molecule has 0 aliphatic carbocycles. The van der Waals surface area contributed by atoms with Crippen LogP contribution < -0.4 is 19.8 Å². The molecule has 0 bridgehead atoms. The van der Waals surface area contributed by atoms with Crippen molar-refractivity contribution >= 4 is 11.0 Å². The van der Waals surface area contributed by atoms with E-state index in [-0.39, 0.29) is 5.75 Å². The number of hydrogen-bond acceptors (Lipinski definition) is 5. The Hall–Kier alpha value is -2.43. The zero-order chi connectivity index (χ0) is 28.7. The van der Waals surface area contributed by atoms with Crippen LogP contribution in [-0.4, -0.2) is 19.8 Å². The van der Waals surface area contributed by atoms with Crippen molar-refractivity contribution in [2.75, 3.05) is 19.8 Å². The summed E-state index contributed by atoms with van der Waals surface area (Å²) in [4.78, 5) is 13.1. The summed E-state index contributed by atoms with van der Waals surface area (Å²) in [6.45, 7) is 8.14. The molecule has 0 N–H and O–H groups in total. The second kappa shape index (κ2) is 22.3. The van der Waals surface area contributed by atoms with Crippen LogP contribution in [0.2, 0.25) is 0 Å². The minimum atomic E-state index is -0.513. The van der Waals surface area contributed by atoms with Gasteiger partial charge >= 0.3 is 5.63 Å². The zero-order valence-electron chi connectivity index (χ0n) is 25.8. The highest BCUT2D eigenvalue weighted by Crippen LogP contribution is 2.37. The van der Waals surface area contributed by atoms with Crippen LogP contribution in [-0.2, 0) is 0 Å². The summed E-state index contributed by atoms with van der Waals surface area (Å²) in [6.07, 6.45) is 25.6. The molecule has 0 saturated carbocycles. The first-order valence-electron chi connectivity index (χ1n) is 16.4. The van der Waals surface area contributed by atoms with E-state index >= 15 is 0 Å². The van der Waals surface area contributed by atoms with Crippen LogP contribution in [0.4, 0.5) is 0 Å². The quantitative estimate of drug-likeness (QED) is 0.0691. The van der Waals surface area contributed by atoms with Crippen LogP contribution in [0.3, 0.4) is 0 Å². The van der Waals surface area contributed by atoms with Gasteiger partial charge in [-0.3, -0.25) is 0 Å². The Balaban J connectivity index is 2.02. The molecule has 40 heavy (non-hydrogen) atoms. The van der Waals surface area contributed by atoms with Crippen molar-refractivity contribution in [3.63, 3.8) is 0 Å². The molecule has 1 aromatic heterocycles. The van der Waals surface area contributed by atoms with Crippen molar-refractivity contribution in [3.05, 3.63) is 40.8 Å². The first-order valence-corrected chi connectivity index (χ1v) is 16.4. The molecule has 0 atom stereocenters. The van der Waals surface area contributed by atoms with E-state index in [0.717, 1.165) is 43.9 Å². The highest BCUT2D eigenvalue weighted by atomic mass is 16.5. The predicted molar refractivity (Wildman–Crippen MR) is 168 cm³/mol. The Morgan fingerprint density at radius 2 is 1.18 bits per heavy atom. The van der Waals surface area contributed by atoms with Crippen molar-refractivity contribution < 1.29 is 18.6 Å². The van der Waals surface area contributed by atoms with Gasteiger partial charge in [0.1, 0.15) is 0 Å². The van der Waals surface area contributed by atoms with Gasteiger partial charge in [-0.2, -0.15) is 0 Å². The lowest BCUT2D eigenvalue weighted by Crippen LogP contribution is -2.12. The summed E-state index contributed by atoms with van der Waals surface area (Å²) in [7, 11) is 0. The Labute approximate surface area is 243 Å². The van der Waals surface area contributed by atoms with Crippen LogP contribution in [0, 0.1) is 0 Å². The first kappa shape index (κ1) is 33.8. The number of hydrogen-bond donors (Lipinski definition) is 0. The van der Waals surface area contributed by atoms with Gasteiger partial charge in [0.15, 0.2) is 17.1 Å². The maximum absolute atomic E-state index is 13.1. The van der Waals surface area contributed by atoms with Crippen LogP contribution >= 0.6 is 0 Å². The Morgan fingerprint density at radius 3 is 1.77 bits per heavy atom. The zero-order valence-corrected chi connectivity index (χ0v) is 25.8. The van der Waals surface area contributed by atoms with Crippen LogP contribution in [0.15, 0.2) is 39.6 Å². The van der Waals surface area contributed by atoms with Gasteiger partial charge in [0.2, 0.25) is 5.75 Å². The van der Waals surface area contributed by atoms with Gasteiger partial charge in [-0.25, -0.2) is 4.79 Å². The highest BCUT2D eigenvalue weighted by Gasteiger charge is 2.20. The summed E-state index contributed by atoms with van der Waals surface area (Å²) in [5.41, 5.74) is -0.0720. The summed E-state index contributed by atoms with van der Waals surface area (Å²) in [5.74, 6) is 1.23. The van der Waals surface area contributed by atoms with Crippen molar-refractivity contribution in [3.8, 4) is 17.2 Å². The maximum Gasteiger partial charge on any atom is 0.383 e. The summed E-state index contributed by atoms with van der Waals surface area (Å²) in [6, 6.07) is 5.73. The van der Waals surface area contributed by atoms with E-state index in [4.69, 9.17) is 18.6 Å². The van der Waals surface area contributed by atoms with Crippen molar-refractivity contribution in [1.82, 2.24) is 0 Å². The second-order valence-corrected chi connectivity index (χ2v) is 10.8. The maximum atomic E-state index is 13.1. The van der Waals surface area contributed by atoms with Crippen molar-refractivity contribution in [1.29, 1.82) is 0 Å². The smallest absolute Gasteiger partial charge is 0.383 e. The number of allylic oxidation sites excluding steroid dienone is 1. The van der Waals surface area contributed by atoms with Gasteiger partial charge in [0, 0.05) is 0 Å². The molecule has 0 spiro atoms. The van der Waals surface area contributed by atoms with Gasteiger partial charge in [-0.05, 0) is 37.8 Å². The SMILES string of the molecule is CCC=CCCOc1c(OCCCCCCCCCC)c2cccc(OCCCCCCCCCC)c2oc1=O. The fourth-order valence-corrected chi connectivity index (χ4v) is 4.88. The fraction of sp³-hybridized carbons (Fsp3) is 0.686. The predicted octanol–water partition coefficient (Wildman–Crippen LogP) is 10.6. The molecule has 0 saturated heterocycles. The monoisotopic (exact) mass is 556 g/mol. The van der Waals surface area contributed by atoms with E-state index in [1.165, 1.54) is 77.0 Å². The lowest BCUT2D eigenvalue weighted by molar-refractivity contribution is 0.256. The topological polar surface area (TPSA) is 57.9 Å². The molecule has 2 rings (SSSR count). The number of unbranched alkanes of at least 4 members (excludes halogenated alkanes) is 14. The molecule has 226 valence electrons. The number of para-hydroxylation sites is 1. The Kier molecular flexibility index (Phi) is 18.8. The van der Waals surface area contributed by atoms with Gasteiger partial charge in [0.05, 0.1) is 25.2 Å². The Morgan fingerprint density at radius 1 is 0.625 bits per heavy atom. The minimum Gasteiger partial charge on any atom is -0.490 e. The highest BCUT2D eigenvalue weighted by molar-refractivity contribution is 5.89. The van der Waals surface area contributed by atoms with E-state index in [1.54, 1.807) is 0 Å². The number of ether oxygens (including phenoxy) is 3. The van der Waals surface area contributed by atoms with Gasteiger partial charge in [0.25, 0.3) is 0 Å². The molecule has 2 aromatic rings. The molecule has 1 aromatic carbocycles. The number of rotatable bonds is 25. The van der Waals surface area contributed by atoms with Crippen LogP contribution in [0.1, 0.15) is 136 Å². The van der Waals surface area contributed by atoms with E-state index in [9.17, 15) is 4.79 Å². The van der Waals surface area contributed by atoms with Gasteiger partial charge < -0.3 is 18.6 Å². The molecular formula is C35H56O5. The third kappa shape index (κ3) is 13.3. The molecule has 0 amide bonds. The number of fused-ring (bicyclic) bond motifs is 1. The van der Waals surface area contributed by atoms with E-state index in [1.807, 2.05) is 18.2 Å². The molecule has 5 heteroatoms. The Bertz CT molecular complexity index is 993. The summed E-state index contributed by atoms with van der Waals surface area (Å²) >= 11 is 0. The van der Waals surface area contributed by atoms with E-state index in [2.05, 4.69) is 32.9 Å². The molecule has 5 nitrogen and oxygen atoms in total. The molecule has 0 aliphatic heterocycles. The van der Waals surface area contributed by atoms with Gasteiger partial charge in [-0.1, -0.05) is 129 Å². The second-order valence-electron chi connectivity index (χ2n) is 10.8. The van der Waals surface area contributed by atoms with Crippen LogP contribution in [0.25, 0.3) is 11.0 Å². The third-order valence-corrected chi connectivity index (χ3v) is 7.24. The average Bonchev–Trinajstić information content (AvgIpc) is 2.96. The standard InChI is InChI=1S/C35H56O5/c1-4-7-10-13-15-17-19-22-27-37-31-26-24-25-30-32(31)40-35(36)34(39-29-21-12-9-6-3)33(30)38-28-23-20-18-16-14-11-8-5-2/h9,12,24-26H,4-8,10-11,13-23,27-29H2,1-3H3. The molecule has 0 aliphatic rings. The average molecular weight is 557 g/mol. The largest absolute Gasteiger partial charge is 0.490 e. The lowest BCUT2D eigenvalue weighted by atomic mass is 10.1. The van der Waals surface area contributed by atoms with Crippen LogP contribution in [0.5, 0.6) is 17.2 Å². The lowest BCUT2D eigenvalue weighted by Gasteiger charge is -2.15. The summed E-state index contributed by atoms with van der Waals surface area (Å²) < 4.78 is 24.0. The first-order chi connectivity index (χ1) is 19.7. The molecule has 0 radical (unpaired) electrons. The normalized spacial score (nSPS) is 11.5. The number of benzene rings is 1. The van der Waals surface area contributed by atoms with Crippen molar-refractivity contribution in [2.24, 2.45) is 0 Å². The fourth-order valence-electron chi connectivity index (χ4n) is 4.88. The molecule has 0 unspecified atom stereocenters. The van der Waals surface area contributed by atoms with Gasteiger partial charge in [-0.15, -0.1) is 0 Å². The molecule has 1 heterocycles.